The predicted octanol–water partition coefficient (Wildman–Crippen LogP) is 1.09. The van der Waals surface area contributed by atoms with Gasteiger partial charge in [0.05, 0.1) is 0 Å². The molecule has 0 spiro atoms. The van der Waals surface area contributed by atoms with E-state index in [9.17, 15) is 4.79 Å². The van der Waals surface area contributed by atoms with E-state index in [0.717, 1.165) is 0 Å². The zero-order chi connectivity index (χ0) is 7.56. The number of aromatic carboxylic acids is 1. The van der Waals surface area contributed by atoms with Gasteiger partial charge in [0, 0.05) is 37.3 Å². The smallest absolute Gasteiger partial charge is 0.339 e. The Bertz CT molecular complexity index is 260. The van der Waals surface area contributed by atoms with Crippen LogP contribution in [-0.4, -0.2) is 16.2 Å². The summed E-state index contributed by atoms with van der Waals surface area (Å²) in [4.78, 5) is 10.3. The Morgan fingerprint density at radius 3 is 2.18 bits per heavy atom. The third-order valence-corrected chi connectivity index (χ3v) is 1.13. The van der Waals surface area contributed by atoms with Gasteiger partial charge in [-0.25, -0.2) is 4.79 Å². The van der Waals surface area contributed by atoms with Gasteiger partial charge in [-0.15, -0.1) is 0 Å². The van der Waals surface area contributed by atoms with Crippen molar-refractivity contribution >= 4 is 5.97 Å². The van der Waals surface area contributed by atoms with E-state index in [1.165, 1.54) is 12.1 Å². The van der Waals surface area contributed by atoms with Crippen LogP contribution in [0.25, 0.3) is 0 Å². The summed E-state index contributed by atoms with van der Waals surface area (Å²) in [6.07, 6.45) is 0. The third-order valence-electron chi connectivity index (χ3n) is 1.13. The van der Waals surface area contributed by atoms with Gasteiger partial charge in [-0.3, -0.25) is 0 Å². The van der Waals surface area contributed by atoms with Gasteiger partial charge in [-0.05, 0) is 12.1 Å². The summed E-state index contributed by atoms with van der Waals surface area (Å²) in [6, 6.07) is 5.81. The van der Waals surface area contributed by atoms with E-state index in [-0.39, 0.29) is 48.6 Å². The molecule has 2 N–H and O–H groups in total. The van der Waals surface area contributed by atoms with E-state index < -0.39 is 5.97 Å². The molecule has 0 saturated heterocycles. The van der Waals surface area contributed by atoms with Gasteiger partial charge >= 0.3 is 5.97 Å². The molecule has 4 heteroatoms. The van der Waals surface area contributed by atoms with Crippen molar-refractivity contribution in [3.63, 3.8) is 0 Å². The van der Waals surface area contributed by atoms with Crippen LogP contribution in [0.1, 0.15) is 10.4 Å². The van der Waals surface area contributed by atoms with E-state index >= 15 is 0 Å². The number of rotatable bonds is 1. The number of carboxylic acid groups (broad SMARTS) is 1. The fraction of sp³-hybridized carbons (Fsp3) is 0. The molecule has 0 aromatic heterocycles. The summed E-state index contributed by atoms with van der Waals surface area (Å²) < 4.78 is 0. The first-order valence-electron chi connectivity index (χ1n) is 2.73. The second-order valence-corrected chi connectivity index (χ2v) is 1.82. The molecule has 0 unspecified atom stereocenters. The van der Waals surface area contributed by atoms with E-state index in [4.69, 9.17) is 10.2 Å². The van der Waals surface area contributed by atoms with Crippen molar-refractivity contribution in [1.82, 2.24) is 0 Å². The molecular weight excluding hydrogens is 299 g/mol. The first kappa shape index (κ1) is 10.7. The van der Waals surface area contributed by atoms with Crippen molar-refractivity contribution in [1.29, 1.82) is 0 Å². The number of carbonyl (C=O) groups is 1. The Morgan fingerprint density at radius 2 is 1.82 bits per heavy atom. The van der Waals surface area contributed by atoms with E-state index in [2.05, 4.69) is 0 Å². The maximum Gasteiger partial charge on any atom is 0.339 e. The van der Waals surface area contributed by atoms with E-state index in [0.29, 0.717) is 0 Å². The van der Waals surface area contributed by atoms with E-state index in [1.807, 2.05) is 0 Å². The summed E-state index contributed by atoms with van der Waals surface area (Å²) in [5, 5.41) is 17.3. The molecule has 0 saturated carbocycles. The first-order valence-corrected chi connectivity index (χ1v) is 2.73. The number of hydrogen-bond donors (Lipinski definition) is 2. The zero-order valence-electron chi connectivity index (χ0n) is 5.40. The Balaban J connectivity index is 0.000001000. The number of para-hydroxylation sites is 1. The zero-order valence-corrected chi connectivity index (χ0v) is 7.25. The number of benzene rings is 1. The SMILES string of the molecule is O=C(O)c1ccccc1O.[Er]. The molecule has 0 amide bonds. The summed E-state index contributed by atoms with van der Waals surface area (Å²) >= 11 is 0. The van der Waals surface area contributed by atoms with Crippen LogP contribution in [0.4, 0.5) is 0 Å². The van der Waals surface area contributed by atoms with Crippen LogP contribution >= 0.6 is 0 Å². The number of hydrogen-bond acceptors (Lipinski definition) is 2. The summed E-state index contributed by atoms with van der Waals surface area (Å²) in [6.45, 7) is 0. The van der Waals surface area contributed by atoms with Crippen LogP contribution < -0.4 is 0 Å². The first-order chi connectivity index (χ1) is 4.72. The van der Waals surface area contributed by atoms with Crippen LogP contribution in [0.15, 0.2) is 24.3 Å². The maximum absolute atomic E-state index is 10.3. The van der Waals surface area contributed by atoms with Gasteiger partial charge in [0.2, 0.25) is 0 Å². The minimum atomic E-state index is -1.11. The molecule has 3 nitrogen and oxygen atoms in total. The van der Waals surface area contributed by atoms with Crippen LogP contribution in [0.2, 0.25) is 0 Å². The van der Waals surface area contributed by atoms with Crippen molar-refractivity contribution in [2.75, 3.05) is 0 Å². The molecule has 64 valence electrons. The van der Waals surface area contributed by atoms with Crippen molar-refractivity contribution in [2.45, 2.75) is 0 Å². The third kappa shape index (κ3) is 2.68. The summed E-state index contributed by atoms with van der Waals surface area (Å²) in [7, 11) is 0. The number of carboxylic acids is 1. The molecule has 1 rings (SSSR count). The molecule has 0 aliphatic rings. The molecule has 0 aliphatic heterocycles. The van der Waals surface area contributed by atoms with Crippen LogP contribution in [-0.2, 0) is 0 Å². The molecule has 0 bridgehead atoms. The van der Waals surface area contributed by atoms with Gasteiger partial charge in [-0.1, -0.05) is 12.1 Å². The fourth-order valence-corrected chi connectivity index (χ4v) is 0.654. The molecule has 0 atom stereocenters. The number of phenols is 1. The second-order valence-electron chi connectivity index (χ2n) is 1.82. The molecule has 0 fully saturated rings. The average molecular weight is 305 g/mol. The topological polar surface area (TPSA) is 57.5 Å². The fourth-order valence-electron chi connectivity index (χ4n) is 0.654. The van der Waals surface area contributed by atoms with Crippen molar-refractivity contribution < 1.29 is 52.3 Å². The van der Waals surface area contributed by atoms with Gasteiger partial charge in [0.25, 0.3) is 0 Å². The van der Waals surface area contributed by atoms with Crippen molar-refractivity contribution in [3.05, 3.63) is 29.8 Å². The molecule has 1 aromatic rings. The van der Waals surface area contributed by atoms with Crippen LogP contribution in [0.5, 0.6) is 5.75 Å². The average Bonchev–Trinajstić information content (AvgIpc) is 1.88. The predicted molar refractivity (Wildman–Crippen MR) is 35.1 cm³/mol. The Hall–Kier alpha value is -0.263. The normalized spacial score (nSPS) is 8.36. The van der Waals surface area contributed by atoms with E-state index in [1.54, 1.807) is 12.1 Å². The Labute approximate surface area is 93.3 Å². The summed E-state index contributed by atoms with van der Waals surface area (Å²) in [5.41, 5.74) is -0.0671. The minimum absolute atomic E-state index is 0. The molecule has 11 heavy (non-hydrogen) atoms. The maximum atomic E-state index is 10.3. The minimum Gasteiger partial charge on any atom is -0.507 e. The van der Waals surface area contributed by atoms with Gasteiger partial charge in [0.15, 0.2) is 0 Å². The molecule has 0 radical (unpaired) electrons. The Kier molecular flexibility index (Phi) is 4.47. The van der Waals surface area contributed by atoms with Gasteiger partial charge in [0.1, 0.15) is 11.3 Å². The quantitative estimate of drug-likeness (QED) is 0.816. The van der Waals surface area contributed by atoms with Crippen LogP contribution in [0.3, 0.4) is 0 Å². The molecule has 0 heterocycles. The molecular formula is C7H6ErO3. The van der Waals surface area contributed by atoms with Crippen LogP contribution in [0, 0.1) is 37.3 Å². The molecule has 0 aliphatic carbocycles. The van der Waals surface area contributed by atoms with Crippen molar-refractivity contribution in [2.24, 2.45) is 0 Å². The van der Waals surface area contributed by atoms with Gasteiger partial charge in [-0.2, -0.15) is 0 Å². The largest absolute Gasteiger partial charge is 0.507 e. The summed E-state index contributed by atoms with van der Waals surface area (Å²) in [5.74, 6) is -1.31. The van der Waals surface area contributed by atoms with Gasteiger partial charge < -0.3 is 10.2 Å². The molecule has 1 aromatic carbocycles. The second kappa shape index (κ2) is 4.58. The standard InChI is InChI=1S/C7H6O3.Er/c8-6-4-2-1-3-5(6)7(9)10;/h1-4,8H,(H,9,10);. The van der Waals surface area contributed by atoms with Crippen molar-refractivity contribution in [3.8, 4) is 5.75 Å². The Morgan fingerprint density at radius 1 is 1.27 bits per heavy atom. The number of aromatic hydroxyl groups is 1. The monoisotopic (exact) mass is 304 g/mol.